The van der Waals surface area contributed by atoms with E-state index in [0.29, 0.717) is 0 Å². The van der Waals surface area contributed by atoms with E-state index in [1.54, 1.807) is 0 Å². The van der Waals surface area contributed by atoms with Gasteiger partial charge in [0.1, 0.15) is 5.75 Å². The van der Waals surface area contributed by atoms with E-state index in [1.807, 2.05) is 0 Å². The maximum atomic E-state index is 13.0. The van der Waals surface area contributed by atoms with E-state index in [1.165, 1.54) is 12.1 Å². The summed E-state index contributed by atoms with van der Waals surface area (Å²) in [5.41, 5.74) is -0.513. The van der Waals surface area contributed by atoms with Crippen molar-refractivity contribution in [2.75, 3.05) is 13.2 Å². The van der Waals surface area contributed by atoms with Crippen LogP contribution < -0.4 is 4.74 Å². The second kappa shape index (κ2) is 12.1. The van der Waals surface area contributed by atoms with Gasteiger partial charge in [0.05, 0.1) is 10.6 Å². The van der Waals surface area contributed by atoms with Gasteiger partial charge in [-0.2, -0.15) is 13.2 Å². The number of alkyl halides is 3. The van der Waals surface area contributed by atoms with E-state index in [2.05, 4.69) is 23.4 Å². The zero-order chi connectivity index (χ0) is 20.8. The largest absolute Gasteiger partial charge is 0.495 e. The van der Waals surface area contributed by atoms with Crippen LogP contribution in [0, 0.1) is 68.0 Å². The van der Waals surface area contributed by atoms with Gasteiger partial charge in [-0.25, -0.2) is 4.79 Å². The molecule has 28 heavy (non-hydrogen) atoms. The van der Waals surface area contributed by atoms with Crippen LogP contribution in [0.4, 0.5) is 13.2 Å². The quantitative estimate of drug-likeness (QED) is 0.210. The normalized spacial score (nSPS) is 14.8. The molecule has 1 unspecified atom stereocenters. The molecule has 1 radical (unpaired) electrons. The predicted molar refractivity (Wildman–Crippen MR) is 89.5 cm³/mol. The summed E-state index contributed by atoms with van der Waals surface area (Å²) in [5.74, 6) is -1.34. The molecule has 7 nitrogen and oxygen atoms in total. The van der Waals surface area contributed by atoms with Crippen LogP contribution in [0.5, 0.6) is 5.75 Å². The maximum Gasteiger partial charge on any atom is 0.430 e. The van der Waals surface area contributed by atoms with Gasteiger partial charge >= 0.3 is 12.1 Å². The third-order valence-electron chi connectivity index (χ3n) is 2.83. The van der Waals surface area contributed by atoms with E-state index < -0.39 is 28.9 Å². The van der Waals surface area contributed by atoms with Crippen molar-refractivity contribution >= 4 is 35.2 Å². The molecule has 0 bridgehead atoms. The zero-order valence-corrected chi connectivity index (χ0v) is 20.3. The molecule has 0 aliphatic carbocycles. The topological polar surface area (TPSA) is 87.9 Å². The smallest absolute Gasteiger partial charge is 0.430 e. The number of fused-ring (bicyclic) bond motifs is 1. The van der Waals surface area contributed by atoms with Crippen LogP contribution in [0.2, 0.25) is 10.0 Å². The number of hydrogen-bond donors (Lipinski definition) is 0. The minimum absolute atomic E-state index is 0. The van der Waals surface area contributed by atoms with Crippen molar-refractivity contribution in [3.05, 3.63) is 57.3 Å². The maximum absolute atomic E-state index is 13.0. The minimum atomic E-state index is -4.80. The molecule has 153 valence electrons. The van der Waals surface area contributed by atoms with E-state index in [4.69, 9.17) is 38.1 Å². The van der Waals surface area contributed by atoms with Gasteiger partial charge in [-0.05, 0) is 31.4 Å². The van der Waals surface area contributed by atoms with Crippen LogP contribution in [0.3, 0.4) is 0 Å². The Morgan fingerprint density at radius 2 is 1.89 bits per heavy atom. The summed E-state index contributed by atoms with van der Waals surface area (Å²) in [4.78, 5) is 24.5. The average molecular weight is 657 g/mol. The SMILES string of the molecule is [Ac].[CH2-]COC(=O)C1=Cc2cc(Cl)cc(Cl)c2OC1C(F)(F)F.[CH2-]CO[N+](=O)[O-]. The van der Waals surface area contributed by atoms with Crippen LogP contribution in [-0.2, 0) is 14.4 Å². The van der Waals surface area contributed by atoms with Gasteiger partial charge in [0.15, 0.2) is 0 Å². The van der Waals surface area contributed by atoms with Crippen molar-refractivity contribution in [3.63, 3.8) is 0 Å². The molecule has 0 N–H and O–H groups in total. The van der Waals surface area contributed by atoms with Crippen molar-refractivity contribution in [3.8, 4) is 5.75 Å². The number of nitrogens with zero attached hydrogens (tertiary/aromatic N) is 1. The van der Waals surface area contributed by atoms with E-state index in [-0.39, 0.29) is 78.6 Å². The van der Waals surface area contributed by atoms with Gasteiger partial charge in [-0.3, -0.25) is 0 Å². The number of hydrogen-bond acceptors (Lipinski definition) is 6. The van der Waals surface area contributed by atoms with E-state index >= 15 is 0 Å². The number of ether oxygens (including phenoxy) is 2. The molecule has 13 heteroatoms. The van der Waals surface area contributed by atoms with E-state index in [0.717, 1.165) is 6.08 Å². The van der Waals surface area contributed by atoms with Crippen molar-refractivity contribution in [2.24, 2.45) is 0 Å². The number of carbonyl (C=O) groups is 1. The summed E-state index contributed by atoms with van der Waals surface area (Å²) in [7, 11) is 0. The molecule has 0 saturated carbocycles. The predicted octanol–water partition coefficient (Wildman–Crippen LogP) is 4.11. The Hall–Kier alpha value is -0.758. The van der Waals surface area contributed by atoms with Crippen LogP contribution in [0.1, 0.15) is 5.56 Å². The number of benzene rings is 1. The third-order valence-corrected chi connectivity index (χ3v) is 3.33. The van der Waals surface area contributed by atoms with Crippen molar-refractivity contribution in [1.82, 2.24) is 0 Å². The van der Waals surface area contributed by atoms with Crippen LogP contribution in [-0.4, -0.2) is 36.5 Å². The minimum Gasteiger partial charge on any atom is -0.495 e. The van der Waals surface area contributed by atoms with Gasteiger partial charge in [0, 0.05) is 54.6 Å². The molecular formula is C15H12AcCl2F3NO6-2. The van der Waals surface area contributed by atoms with Crippen molar-refractivity contribution < 1.29 is 81.4 Å². The van der Waals surface area contributed by atoms with Crippen molar-refractivity contribution in [1.29, 1.82) is 0 Å². The molecule has 1 aliphatic heterocycles. The monoisotopic (exact) mass is 656 g/mol. The second-order valence-corrected chi connectivity index (χ2v) is 5.48. The summed E-state index contributed by atoms with van der Waals surface area (Å²) in [6.45, 7) is 5.89. The second-order valence-electron chi connectivity index (χ2n) is 4.64. The molecule has 0 aromatic heterocycles. The van der Waals surface area contributed by atoms with Crippen LogP contribution >= 0.6 is 23.2 Å². The van der Waals surface area contributed by atoms with Gasteiger partial charge in [0.25, 0.3) is 5.09 Å². The molecule has 1 aromatic carbocycles. The molecule has 0 spiro atoms. The van der Waals surface area contributed by atoms with Gasteiger partial charge < -0.3 is 28.2 Å². The standard InChI is InChI=1S/C13H8Cl2F3O3.C2H4NO3.Ac/c1-2-20-12(19)8-4-6-3-7(14)5-9(15)10(6)21-11(8)13(16,17)18;1-2-6-3(4)5;/h3-5,11H,1-2H2;1-2H2;/q2*-1;. The van der Waals surface area contributed by atoms with Gasteiger partial charge in [-0.15, -0.1) is 10.1 Å². The number of rotatable bonds is 4. The fourth-order valence-corrected chi connectivity index (χ4v) is 2.45. The van der Waals surface area contributed by atoms with Gasteiger partial charge in [0.2, 0.25) is 6.10 Å². The summed E-state index contributed by atoms with van der Waals surface area (Å²) in [6.07, 6.45) is -6.25. The summed E-state index contributed by atoms with van der Waals surface area (Å²) in [6, 6.07) is 2.59. The number of esters is 1. The first-order chi connectivity index (χ1) is 12.5. The van der Waals surface area contributed by atoms with Gasteiger partial charge in [-0.1, -0.05) is 23.2 Å². The first-order valence-electron chi connectivity index (χ1n) is 6.98. The molecule has 1 heterocycles. The Bertz CT molecular complexity index is 745. The number of carbonyl (C=O) groups excluding carboxylic acids is 1. The molecule has 1 aromatic rings. The summed E-state index contributed by atoms with van der Waals surface area (Å²) < 4.78 is 48.5. The van der Waals surface area contributed by atoms with Crippen LogP contribution in [0.15, 0.2) is 17.7 Å². The molecule has 0 amide bonds. The molecule has 1 aliphatic rings. The Labute approximate surface area is 203 Å². The molecular weight excluding hydrogens is 645 g/mol. The Balaban J connectivity index is 0.000000910. The Kier molecular flexibility index (Phi) is 11.7. The Morgan fingerprint density at radius 1 is 1.29 bits per heavy atom. The molecule has 2 rings (SSSR count). The van der Waals surface area contributed by atoms with E-state index in [9.17, 15) is 18.0 Å². The zero-order valence-electron chi connectivity index (χ0n) is 14.0. The first kappa shape index (κ1) is 27.2. The Morgan fingerprint density at radius 3 is 2.32 bits per heavy atom. The summed E-state index contributed by atoms with van der Waals surface area (Å²) >= 11 is 11.6. The molecule has 0 saturated heterocycles. The molecule has 1 atom stereocenters. The fraction of sp³-hybridized carbons (Fsp3) is 0.267. The van der Waals surface area contributed by atoms with Crippen LogP contribution in [0.25, 0.3) is 6.08 Å². The average Bonchev–Trinajstić information content (AvgIpc) is 2.53. The van der Waals surface area contributed by atoms with Crippen molar-refractivity contribution in [2.45, 2.75) is 12.3 Å². The summed E-state index contributed by atoms with van der Waals surface area (Å²) in [5, 5.41) is 8.39. The molecule has 0 fully saturated rings. The third kappa shape index (κ3) is 7.93. The first-order valence-corrected chi connectivity index (χ1v) is 7.73. The number of halogens is 5. The fourth-order valence-electron chi connectivity index (χ4n) is 1.90.